The second-order valence-corrected chi connectivity index (χ2v) is 4.10. The van der Waals surface area contributed by atoms with E-state index in [2.05, 4.69) is 24.5 Å². The Morgan fingerprint density at radius 2 is 2.33 bits per heavy atom. The van der Waals surface area contributed by atoms with E-state index in [4.69, 9.17) is 0 Å². The van der Waals surface area contributed by atoms with E-state index in [0.29, 0.717) is 12.3 Å². The van der Waals surface area contributed by atoms with Gasteiger partial charge >= 0.3 is 0 Å². The molecule has 0 spiro atoms. The highest BCUT2D eigenvalue weighted by Gasteiger charge is 2.20. The van der Waals surface area contributed by atoms with Gasteiger partial charge in [-0.05, 0) is 12.0 Å². The topological polar surface area (TPSA) is 41.1 Å². The number of dihydropyridines is 1. The lowest BCUT2D eigenvalue weighted by Crippen LogP contribution is -2.40. The number of carbonyl (C=O) groups excluding carboxylic acids is 1. The van der Waals surface area contributed by atoms with Crippen LogP contribution in [0.3, 0.4) is 0 Å². The molecule has 0 amide bonds. The molecule has 0 unspecified atom stereocenters. The molecular formula is C12H20N2O. The summed E-state index contributed by atoms with van der Waals surface area (Å²) >= 11 is 0. The van der Waals surface area contributed by atoms with Crippen LogP contribution in [0.15, 0.2) is 24.0 Å². The maximum absolute atomic E-state index is 11.7. The van der Waals surface area contributed by atoms with Gasteiger partial charge in [0.05, 0.1) is 11.7 Å². The Hall–Kier alpha value is -1.25. The summed E-state index contributed by atoms with van der Waals surface area (Å²) in [7, 11) is 0. The number of hydrogen-bond donors (Lipinski definition) is 2. The minimum absolute atomic E-state index is 0.0780. The van der Waals surface area contributed by atoms with E-state index in [1.165, 1.54) is 0 Å². The first-order valence-electron chi connectivity index (χ1n) is 5.54. The number of ketones is 1. The fourth-order valence-corrected chi connectivity index (χ4v) is 1.58. The first kappa shape index (κ1) is 11.8. The predicted molar refractivity (Wildman–Crippen MR) is 62.3 cm³/mol. The van der Waals surface area contributed by atoms with Crippen molar-refractivity contribution in [2.75, 3.05) is 6.54 Å². The van der Waals surface area contributed by atoms with Crippen LogP contribution in [0.1, 0.15) is 27.2 Å². The molecule has 0 aromatic rings. The van der Waals surface area contributed by atoms with E-state index in [0.717, 1.165) is 12.2 Å². The van der Waals surface area contributed by atoms with Gasteiger partial charge in [0.25, 0.3) is 0 Å². The molecule has 0 radical (unpaired) electrons. The molecule has 0 saturated carbocycles. The van der Waals surface area contributed by atoms with Gasteiger partial charge in [-0.25, -0.2) is 0 Å². The molecule has 1 heterocycles. The molecule has 0 aromatic heterocycles. The summed E-state index contributed by atoms with van der Waals surface area (Å²) in [6.45, 7) is 6.89. The zero-order valence-corrected chi connectivity index (χ0v) is 9.71. The largest absolute Gasteiger partial charge is 0.386 e. The average Bonchev–Trinajstić information content (AvgIpc) is 2.26. The summed E-state index contributed by atoms with van der Waals surface area (Å²) in [5.74, 6) is 0.582. The Morgan fingerprint density at radius 3 is 2.80 bits per heavy atom. The van der Waals surface area contributed by atoms with Crippen LogP contribution in [0, 0.1) is 5.92 Å². The fourth-order valence-electron chi connectivity index (χ4n) is 1.58. The summed E-state index contributed by atoms with van der Waals surface area (Å²) in [5.41, 5.74) is 0.988. The van der Waals surface area contributed by atoms with Crippen LogP contribution in [0.25, 0.3) is 0 Å². The lowest BCUT2D eigenvalue weighted by Gasteiger charge is -2.23. The van der Waals surface area contributed by atoms with Crippen LogP contribution >= 0.6 is 0 Å². The quantitative estimate of drug-likeness (QED) is 0.720. The van der Waals surface area contributed by atoms with Gasteiger partial charge in [0, 0.05) is 19.2 Å². The van der Waals surface area contributed by atoms with E-state index in [-0.39, 0.29) is 11.8 Å². The molecule has 0 fully saturated rings. The second-order valence-electron chi connectivity index (χ2n) is 4.10. The van der Waals surface area contributed by atoms with Crippen molar-refractivity contribution in [1.82, 2.24) is 10.6 Å². The van der Waals surface area contributed by atoms with Gasteiger partial charge in [0.2, 0.25) is 0 Å². The monoisotopic (exact) mass is 208 g/mol. The summed E-state index contributed by atoms with van der Waals surface area (Å²) in [5, 5.41) is 6.38. The maximum Gasteiger partial charge on any atom is 0.154 e. The van der Waals surface area contributed by atoms with Crippen molar-refractivity contribution in [2.24, 2.45) is 5.92 Å². The van der Waals surface area contributed by atoms with Crippen LogP contribution in [0.4, 0.5) is 0 Å². The normalized spacial score (nSPS) is 16.9. The van der Waals surface area contributed by atoms with E-state index in [9.17, 15) is 4.79 Å². The molecule has 0 aliphatic carbocycles. The van der Waals surface area contributed by atoms with Gasteiger partial charge in [-0.2, -0.15) is 0 Å². The lowest BCUT2D eigenvalue weighted by molar-refractivity contribution is -0.121. The number of allylic oxidation sites excluding steroid dienone is 1. The highest BCUT2D eigenvalue weighted by Crippen LogP contribution is 2.08. The first-order chi connectivity index (χ1) is 7.15. The third-order valence-electron chi connectivity index (χ3n) is 2.47. The third-order valence-corrected chi connectivity index (χ3v) is 2.47. The molecule has 84 valence electrons. The molecule has 1 aliphatic heterocycles. The van der Waals surface area contributed by atoms with E-state index in [1.54, 1.807) is 0 Å². The van der Waals surface area contributed by atoms with E-state index >= 15 is 0 Å². The highest BCUT2D eigenvalue weighted by atomic mass is 16.1. The number of hydrogen-bond acceptors (Lipinski definition) is 3. The number of rotatable bonds is 5. The van der Waals surface area contributed by atoms with Crippen molar-refractivity contribution in [3.63, 3.8) is 0 Å². The molecule has 3 nitrogen and oxygen atoms in total. The van der Waals surface area contributed by atoms with Crippen molar-refractivity contribution in [3.05, 3.63) is 24.0 Å². The summed E-state index contributed by atoms with van der Waals surface area (Å²) in [6, 6.07) is -0.0780. The van der Waals surface area contributed by atoms with E-state index < -0.39 is 0 Å². The van der Waals surface area contributed by atoms with Crippen molar-refractivity contribution in [1.29, 1.82) is 0 Å². The zero-order valence-electron chi connectivity index (χ0n) is 9.71. The standard InChI is InChI=1S/C12H20N2O/c1-4-11(15)12(9(2)3)14-10-6-5-7-13-8-10/h5-6,8-9,12-14H,4,7H2,1-3H3/t12-/m0/s1. The van der Waals surface area contributed by atoms with Crippen LogP contribution in [-0.2, 0) is 4.79 Å². The Kier molecular flexibility index (Phi) is 4.40. The van der Waals surface area contributed by atoms with Crippen LogP contribution in [-0.4, -0.2) is 18.4 Å². The van der Waals surface area contributed by atoms with Crippen molar-refractivity contribution in [2.45, 2.75) is 33.2 Å². The molecule has 1 atom stereocenters. The molecule has 0 saturated heterocycles. The van der Waals surface area contributed by atoms with Gasteiger partial charge < -0.3 is 10.6 Å². The minimum Gasteiger partial charge on any atom is -0.386 e. The number of Topliss-reactive ketones (excluding diaryl/α,β-unsaturated/α-hetero) is 1. The molecule has 15 heavy (non-hydrogen) atoms. The van der Waals surface area contributed by atoms with Gasteiger partial charge in [-0.1, -0.05) is 26.8 Å². The molecular weight excluding hydrogens is 188 g/mol. The summed E-state index contributed by atoms with van der Waals surface area (Å²) in [6.07, 6.45) is 6.55. The molecule has 0 aromatic carbocycles. The lowest BCUT2D eigenvalue weighted by atomic mass is 9.98. The third kappa shape index (κ3) is 3.42. The van der Waals surface area contributed by atoms with Crippen molar-refractivity contribution < 1.29 is 4.79 Å². The maximum atomic E-state index is 11.7. The van der Waals surface area contributed by atoms with Gasteiger partial charge in [-0.3, -0.25) is 4.79 Å². The second kappa shape index (κ2) is 5.59. The number of carbonyl (C=O) groups is 1. The van der Waals surface area contributed by atoms with Crippen LogP contribution < -0.4 is 10.6 Å². The molecule has 2 N–H and O–H groups in total. The molecule has 3 heteroatoms. The Labute approximate surface area is 91.6 Å². The van der Waals surface area contributed by atoms with Crippen molar-refractivity contribution >= 4 is 5.78 Å². The number of nitrogens with one attached hydrogen (secondary N) is 2. The van der Waals surface area contributed by atoms with Crippen LogP contribution in [0.2, 0.25) is 0 Å². The SMILES string of the molecule is CCC(=O)[C@@H](NC1=CNCC=C1)C(C)C. The zero-order chi connectivity index (χ0) is 11.3. The molecule has 1 aliphatic rings. The molecule has 0 bridgehead atoms. The van der Waals surface area contributed by atoms with E-state index in [1.807, 2.05) is 25.3 Å². The Bertz CT molecular complexity index is 279. The predicted octanol–water partition coefficient (Wildman–Crippen LogP) is 1.58. The fraction of sp³-hybridized carbons (Fsp3) is 0.583. The first-order valence-corrected chi connectivity index (χ1v) is 5.54. The van der Waals surface area contributed by atoms with Crippen molar-refractivity contribution in [3.8, 4) is 0 Å². The van der Waals surface area contributed by atoms with Gasteiger partial charge in [-0.15, -0.1) is 0 Å². The van der Waals surface area contributed by atoms with Gasteiger partial charge in [0.1, 0.15) is 0 Å². The average molecular weight is 208 g/mol. The highest BCUT2D eigenvalue weighted by molar-refractivity contribution is 5.84. The Morgan fingerprint density at radius 1 is 1.60 bits per heavy atom. The molecule has 1 rings (SSSR count). The summed E-state index contributed by atoms with van der Waals surface area (Å²) < 4.78 is 0. The Balaban J connectivity index is 2.62. The van der Waals surface area contributed by atoms with Gasteiger partial charge in [0.15, 0.2) is 5.78 Å². The van der Waals surface area contributed by atoms with Crippen LogP contribution in [0.5, 0.6) is 0 Å². The minimum atomic E-state index is -0.0780. The summed E-state index contributed by atoms with van der Waals surface area (Å²) in [4.78, 5) is 11.7. The smallest absolute Gasteiger partial charge is 0.154 e.